The van der Waals surface area contributed by atoms with Crippen LogP contribution in [0, 0.1) is 0 Å². The molecule has 0 saturated carbocycles. The van der Waals surface area contributed by atoms with Crippen molar-refractivity contribution in [2.75, 3.05) is 12.3 Å². The fourth-order valence-electron chi connectivity index (χ4n) is 5.70. The van der Waals surface area contributed by atoms with Crippen molar-refractivity contribution in [3.05, 3.63) is 139 Å². The second-order valence-electron chi connectivity index (χ2n) is 11.6. The number of aromatic nitrogens is 2. The predicted octanol–water partition coefficient (Wildman–Crippen LogP) is 6.56. The molecule has 2 atom stereocenters. The molecule has 4 N–H and O–H groups in total. The first-order chi connectivity index (χ1) is 25.7. The van der Waals surface area contributed by atoms with Gasteiger partial charge in [0.05, 0.1) is 16.5 Å². The number of carboxylic acids is 1. The quantitative estimate of drug-likeness (QED) is 0.163. The Morgan fingerprint density at radius 3 is 1.75 bits per heavy atom. The summed E-state index contributed by atoms with van der Waals surface area (Å²) in [5.74, 6) is 0.991. The van der Waals surface area contributed by atoms with Gasteiger partial charge < -0.3 is 16.2 Å². The Morgan fingerprint density at radius 1 is 0.750 bits per heavy atom. The van der Waals surface area contributed by atoms with Crippen LogP contribution in [0.1, 0.15) is 73.3 Å². The molecule has 2 aliphatic heterocycles. The molecule has 0 radical (unpaired) electrons. The van der Waals surface area contributed by atoms with Crippen LogP contribution < -0.4 is 16.6 Å². The standard InChI is InChI=1S/C18H15BrN2O.C11H13NO.C7H6BrNO2.2CH4.2O3S/c19-14-7-8-15-16(10-14)20-17-9-6-13(11-21(17)18(15)22)12-4-2-1-3-5-12;13-11-7-6-10(8-12-11)9-4-2-1-3-5-9;8-4-1-2-5(7(10)11)6(9)3-4;;;2*1-4(2)3/h1-5,7-8,10,13H,6,9,11H2;1-5,10H,6-8H2,(H,12,13);1-3H,9H2,(H,10,11);2*1H4;;. The van der Waals surface area contributed by atoms with Crippen LogP contribution in [0.5, 0.6) is 0 Å². The van der Waals surface area contributed by atoms with Gasteiger partial charge in [-0.25, -0.2) is 9.78 Å². The van der Waals surface area contributed by atoms with Gasteiger partial charge in [-0.05, 0) is 60.4 Å². The van der Waals surface area contributed by atoms with E-state index in [1.54, 1.807) is 12.1 Å². The molecule has 3 heterocycles. The van der Waals surface area contributed by atoms with E-state index in [0.29, 0.717) is 23.6 Å². The number of piperidine rings is 1. The molecule has 5 aromatic rings. The van der Waals surface area contributed by atoms with E-state index in [4.69, 9.17) is 41.1 Å². The number of halogens is 2. The molecule has 1 aromatic heterocycles. The summed E-state index contributed by atoms with van der Waals surface area (Å²) in [7, 11) is -6.22. The number of rotatable bonds is 3. The van der Waals surface area contributed by atoms with Crippen LogP contribution in [0.15, 0.2) is 111 Å². The van der Waals surface area contributed by atoms with Crippen LogP contribution in [-0.2, 0) is 39.0 Å². The number of hydrogen-bond donors (Lipinski definition) is 3. The highest BCUT2D eigenvalue weighted by Crippen LogP contribution is 2.28. The van der Waals surface area contributed by atoms with Gasteiger partial charge in [-0.3, -0.25) is 14.2 Å². The van der Waals surface area contributed by atoms with Crippen LogP contribution >= 0.6 is 31.9 Å². The van der Waals surface area contributed by atoms with Crippen LogP contribution in [0.2, 0.25) is 0 Å². The van der Waals surface area contributed by atoms with Gasteiger partial charge in [0.2, 0.25) is 5.91 Å². The first-order valence-corrected chi connectivity index (χ1v) is 19.6. The summed E-state index contributed by atoms with van der Waals surface area (Å²) in [6.07, 6.45) is 3.53. The third-order valence-corrected chi connectivity index (χ3v) is 9.15. The number of nitrogens with two attached hydrogens (primary N) is 1. The Bertz CT molecular complexity index is 2320. The fraction of sp³-hybridized carbons (Fsp3) is 0.263. The molecule has 1 fully saturated rings. The molecule has 14 nitrogen and oxygen atoms in total. The van der Waals surface area contributed by atoms with Crippen molar-refractivity contribution in [1.29, 1.82) is 0 Å². The van der Waals surface area contributed by atoms with E-state index in [1.807, 2.05) is 47.0 Å². The predicted molar refractivity (Wildman–Crippen MR) is 221 cm³/mol. The molecule has 18 heteroatoms. The van der Waals surface area contributed by atoms with Crippen LogP contribution in [0.25, 0.3) is 10.9 Å². The average Bonchev–Trinajstić information content (AvgIpc) is 3.12. The SMILES string of the molecule is C.C.Nc1cc(Br)ccc1C(=O)O.O=C1CCC(c2ccccc2)CN1.O=S(=O)=O.O=S(=O)=O.O=c1c2ccc(Br)cc2nc2n1CC(c1ccccc1)CC2. The number of benzene rings is 4. The van der Waals surface area contributed by atoms with Crippen molar-refractivity contribution in [3.63, 3.8) is 0 Å². The molecule has 1 amide bonds. The van der Waals surface area contributed by atoms with Crippen molar-refractivity contribution in [1.82, 2.24) is 14.9 Å². The number of hydrogen-bond acceptors (Lipinski definition) is 11. The van der Waals surface area contributed by atoms with Gasteiger partial charge in [-0.2, -0.15) is 0 Å². The summed E-state index contributed by atoms with van der Waals surface area (Å²) >= 11 is 6.62. The van der Waals surface area contributed by atoms with Crippen LogP contribution in [-0.4, -0.2) is 58.3 Å². The lowest BCUT2D eigenvalue weighted by Gasteiger charge is -2.26. The van der Waals surface area contributed by atoms with Gasteiger partial charge in [0.25, 0.3) is 5.56 Å². The lowest BCUT2D eigenvalue weighted by atomic mass is 9.91. The molecule has 4 aromatic carbocycles. The minimum Gasteiger partial charge on any atom is -0.478 e. The Balaban J connectivity index is 0.000000398. The number of nitrogens with zero attached hydrogens (tertiary/aromatic N) is 2. The minimum atomic E-state index is -3.11. The number of fused-ring (bicyclic) bond motifs is 2. The van der Waals surface area contributed by atoms with Gasteiger partial charge >= 0.3 is 27.2 Å². The summed E-state index contributed by atoms with van der Waals surface area (Å²) in [6.45, 7) is 1.51. The van der Waals surface area contributed by atoms with Gasteiger partial charge in [-0.15, -0.1) is 25.3 Å². The highest BCUT2D eigenvalue weighted by Gasteiger charge is 2.23. The third-order valence-electron chi connectivity index (χ3n) is 8.17. The van der Waals surface area contributed by atoms with E-state index in [2.05, 4.69) is 73.6 Å². The molecular weight excluding hydrogens is 896 g/mol. The first-order valence-electron chi connectivity index (χ1n) is 16.0. The molecule has 0 bridgehead atoms. The number of aromatic carboxylic acids is 1. The van der Waals surface area contributed by atoms with Gasteiger partial charge in [-0.1, -0.05) is 107 Å². The summed E-state index contributed by atoms with van der Waals surface area (Å²) in [5.41, 5.74) is 9.31. The minimum absolute atomic E-state index is 0. The highest BCUT2D eigenvalue weighted by atomic mass is 79.9. The zero-order chi connectivity index (χ0) is 39.8. The fourth-order valence-corrected chi connectivity index (χ4v) is 6.43. The van der Waals surface area contributed by atoms with Gasteiger partial charge in [0, 0.05) is 52.4 Å². The molecule has 56 heavy (non-hydrogen) atoms. The zero-order valence-electron chi connectivity index (χ0n) is 28.3. The monoisotopic (exact) mass is 936 g/mol. The van der Waals surface area contributed by atoms with E-state index in [9.17, 15) is 14.4 Å². The van der Waals surface area contributed by atoms with Crippen molar-refractivity contribution >= 4 is 81.5 Å². The third kappa shape index (κ3) is 16.0. The molecule has 0 spiro atoms. The number of aryl methyl sites for hydroxylation is 1. The number of amides is 1. The largest absolute Gasteiger partial charge is 0.478 e. The second kappa shape index (κ2) is 24.5. The second-order valence-corrected chi connectivity index (χ2v) is 14.3. The maximum Gasteiger partial charge on any atom is 0.425 e. The van der Waals surface area contributed by atoms with E-state index in [-0.39, 0.29) is 37.6 Å². The van der Waals surface area contributed by atoms with Crippen molar-refractivity contribution in [2.24, 2.45) is 0 Å². The maximum atomic E-state index is 12.8. The van der Waals surface area contributed by atoms with Crippen molar-refractivity contribution in [3.8, 4) is 0 Å². The number of carboxylic acid groups (broad SMARTS) is 1. The van der Waals surface area contributed by atoms with Gasteiger partial charge in [0.15, 0.2) is 0 Å². The molecule has 300 valence electrons. The summed E-state index contributed by atoms with van der Waals surface area (Å²) < 4.78 is 54.3. The Morgan fingerprint density at radius 2 is 1.25 bits per heavy atom. The lowest BCUT2D eigenvalue weighted by Crippen LogP contribution is -2.33. The Kier molecular flexibility index (Phi) is 21.4. The number of nitrogen functional groups attached to an aromatic ring is 1. The number of anilines is 1. The summed E-state index contributed by atoms with van der Waals surface area (Å²) in [5, 5.41) is 12.1. The normalized spacial score (nSPS) is 14.8. The molecule has 2 aliphatic rings. The van der Waals surface area contributed by atoms with Crippen molar-refractivity contribution < 1.29 is 39.9 Å². The van der Waals surface area contributed by atoms with Crippen LogP contribution in [0.4, 0.5) is 5.69 Å². The zero-order valence-corrected chi connectivity index (χ0v) is 33.1. The number of carbonyl (C=O) groups excluding carboxylic acids is 1. The van der Waals surface area contributed by atoms with E-state index >= 15 is 0 Å². The lowest BCUT2D eigenvalue weighted by molar-refractivity contribution is -0.122. The molecule has 7 rings (SSSR count). The van der Waals surface area contributed by atoms with E-state index < -0.39 is 27.2 Å². The van der Waals surface area contributed by atoms with Crippen LogP contribution in [0.3, 0.4) is 0 Å². The number of carbonyl (C=O) groups is 2. The molecule has 2 unspecified atom stereocenters. The average molecular weight is 939 g/mol. The number of nitrogens with one attached hydrogen (secondary N) is 1. The molecule has 0 aliphatic carbocycles. The summed E-state index contributed by atoms with van der Waals surface area (Å²) in [4.78, 5) is 38.8. The Hall–Kier alpha value is -5.04. The van der Waals surface area contributed by atoms with Gasteiger partial charge in [0.1, 0.15) is 5.82 Å². The highest BCUT2D eigenvalue weighted by molar-refractivity contribution is 9.10. The van der Waals surface area contributed by atoms with Crippen molar-refractivity contribution in [2.45, 2.75) is 58.9 Å². The van der Waals surface area contributed by atoms with E-state index in [0.717, 1.165) is 52.6 Å². The first kappa shape index (κ1) is 49.0. The maximum absolute atomic E-state index is 12.8. The van der Waals surface area contributed by atoms with E-state index in [1.165, 1.54) is 17.2 Å². The topological polar surface area (TPSA) is 230 Å². The molecule has 1 saturated heterocycles. The smallest absolute Gasteiger partial charge is 0.425 e. The summed E-state index contributed by atoms with van der Waals surface area (Å²) in [6, 6.07) is 31.1. The Labute approximate surface area is 344 Å². The molecular formula is C38H42Br2N4O10S2.